The lowest BCUT2D eigenvalue weighted by Crippen LogP contribution is -2.23. The number of aliphatic hydroxyl groups excluding tert-OH is 1. The average Bonchev–Trinajstić information content (AvgIpc) is 3.58. The molecule has 0 radical (unpaired) electrons. The van der Waals surface area contributed by atoms with Crippen LogP contribution in [0.3, 0.4) is 0 Å². The first-order valence-corrected chi connectivity index (χ1v) is 20.0. The Hall–Kier alpha value is -5.50. The summed E-state index contributed by atoms with van der Waals surface area (Å²) in [5, 5.41) is 17.9. The Morgan fingerprint density at radius 2 is 1.07 bits per heavy atom. The van der Waals surface area contributed by atoms with Gasteiger partial charge in [0.05, 0.1) is 0 Å². The minimum atomic E-state index is -0.321. The van der Waals surface area contributed by atoms with Crippen molar-refractivity contribution in [3.63, 3.8) is 0 Å². The summed E-state index contributed by atoms with van der Waals surface area (Å²) in [6.45, 7) is 18.4. The smallest absolute Gasteiger partial charge is 0.0431 e. The number of fused-ring (bicyclic) bond motifs is 6. The van der Waals surface area contributed by atoms with Gasteiger partial charge in [-0.3, -0.25) is 0 Å². The van der Waals surface area contributed by atoms with Gasteiger partial charge in [0.1, 0.15) is 0 Å². The van der Waals surface area contributed by atoms with Crippen molar-refractivity contribution in [2.24, 2.45) is 0 Å². The van der Waals surface area contributed by atoms with Crippen molar-refractivity contribution in [3.8, 4) is 44.5 Å². The summed E-state index contributed by atoms with van der Waals surface area (Å²) in [6, 6.07) is 46.8. The third-order valence-electron chi connectivity index (χ3n) is 13.3. The molecule has 2 aliphatic rings. The van der Waals surface area contributed by atoms with Gasteiger partial charge in [-0.25, -0.2) is 0 Å². The van der Waals surface area contributed by atoms with Crippen molar-refractivity contribution in [3.05, 3.63) is 167 Å². The first kappa shape index (κ1) is 34.0. The maximum absolute atomic E-state index is 9.92. The van der Waals surface area contributed by atoms with Gasteiger partial charge >= 0.3 is 0 Å². The molecule has 1 unspecified atom stereocenters. The van der Waals surface area contributed by atoms with Gasteiger partial charge in [-0.15, -0.1) is 6.58 Å². The number of hydrogen-bond donors (Lipinski definition) is 1. The van der Waals surface area contributed by atoms with E-state index in [4.69, 9.17) is 0 Å². The third kappa shape index (κ3) is 4.82. The van der Waals surface area contributed by atoms with Gasteiger partial charge in [-0.05, 0) is 148 Å². The van der Waals surface area contributed by atoms with Crippen LogP contribution >= 0.6 is 0 Å². The van der Waals surface area contributed by atoms with E-state index in [0.717, 1.165) is 12.8 Å². The molecule has 270 valence electrons. The Morgan fingerprint density at radius 3 is 1.71 bits per heavy atom. The van der Waals surface area contributed by atoms with Crippen LogP contribution < -0.4 is 0 Å². The summed E-state index contributed by atoms with van der Waals surface area (Å²) < 4.78 is 0. The molecule has 0 saturated carbocycles. The Morgan fingerprint density at radius 1 is 0.564 bits per heavy atom. The molecule has 2 aliphatic carbocycles. The molecule has 55 heavy (non-hydrogen) atoms. The van der Waals surface area contributed by atoms with Crippen LogP contribution in [0.1, 0.15) is 80.8 Å². The number of benzene rings is 8. The summed E-state index contributed by atoms with van der Waals surface area (Å²) >= 11 is 0. The maximum Gasteiger partial charge on any atom is 0.0431 e. The van der Waals surface area contributed by atoms with Gasteiger partial charge in [0.25, 0.3) is 0 Å². The van der Waals surface area contributed by atoms with Gasteiger partial charge in [0.15, 0.2) is 0 Å². The molecule has 0 fully saturated rings. The van der Waals surface area contributed by atoms with E-state index in [9.17, 15) is 5.11 Å². The van der Waals surface area contributed by atoms with Crippen LogP contribution in [0.5, 0.6) is 0 Å². The zero-order valence-corrected chi connectivity index (χ0v) is 32.9. The fourth-order valence-electron chi connectivity index (χ4n) is 10.3. The van der Waals surface area contributed by atoms with Gasteiger partial charge in [0, 0.05) is 17.4 Å². The topological polar surface area (TPSA) is 20.2 Å². The molecule has 8 aromatic rings. The van der Waals surface area contributed by atoms with E-state index in [2.05, 4.69) is 176 Å². The molecular formula is C54H48O. The Bertz CT molecular complexity index is 2880. The van der Waals surface area contributed by atoms with E-state index in [0.29, 0.717) is 0 Å². The van der Waals surface area contributed by atoms with Crippen LogP contribution in [0, 0.1) is 6.92 Å². The fraction of sp³-hybridized carbons (Fsp3) is 0.222. The molecule has 0 aromatic heterocycles. The highest BCUT2D eigenvalue weighted by Gasteiger charge is 2.41. The van der Waals surface area contributed by atoms with E-state index in [1.165, 1.54) is 110 Å². The summed E-state index contributed by atoms with van der Waals surface area (Å²) in [4.78, 5) is 0. The quantitative estimate of drug-likeness (QED) is 0.134. The van der Waals surface area contributed by atoms with Crippen LogP contribution in [0.25, 0.3) is 76.8 Å². The van der Waals surface area contributed by atoms with Crippen molar-refractivity contribution >= 4 is 32.3 Å². The number of aryl methyl sites for hydroxylation is 1. The highest BCUT2D eigenvalue weighted by molar-refractivity contribution is 6.25. The lowest BCUT2D eigenvalue weighted by molar-refractivity contribution is 0.276. The third-order valence-corrected chi connectivity index (χ3v) is 13.3. The average molecular weight is 713 g/mol. The van der Waals surface area contributed by atoms with E-state index in [-0.39, 0.29) is 22.9 Å². The van der Waals surface area contributed by atoms with E-state index < -0.39 is 0 Å². The second-order valence-electron chi connectivity index (χ2n) is 17.9. The zero-order valence-electron chi connectivity index (χ0n) is 32.9. The molecule has 0 saturated heterocycles. The molecule has 1 heteroatoms. The van der Waals surface area contributed by atoms with Crippen LogP contribution in [0.4, 0.5) is 0 Å². The first-order chi connectivity index (χ1) is 26.4. The normalized spacial score (nSPS) is 16.8. The molecule has 0 spiro atoms. The SMILES string of the molecule is C=CC1(CCCO)c2cc(C)ccc2-c2ccc(-c3ccc4c(c3)C(C)(C)c3cc(-c5ccc6ccc7cc(C(C)(C)C)cc8ccc5c6c78)ccc3-4)cc21. The monoisotopic (exact) mass is 712 g/mol. The van der Waals surface area contributed by atoms with Crippen LogP contribution in [0.2, 0.25) is 0 Å². The second kappa shape index (κ2) is 11.8. The highest BCUT2D eigenvalue weighted by Crippen LogP contribution is 2.55. The molecule has 8 aromatic carbocycles. The second-order valence-corrected chi connectivity index (χ2v) is 17.9. The van der Waals surface area contributed by atoms with Gasteiger partial charge < -0.3 is 5.11 Å². The molecule has 0 heterocycles. The number of hydrogen-bond acceptors (Lipinski definition) is 1. The summed E-state index contributed by atoms with van der Waals surface area (Å²) in [5.74, 6) is 0. The van der Waals surface area contributed by atoms with Crippen LogP contribution in [-0.4, -0.2) is 11.7 Å². The molecular weight excluding hydrogens is 665 g/mol. The van der Waals surface area contributed by atoms with Crippen LogP contribution in [-0.2, 0) is 16.2 Å². The molecule has 0 amide bonds. The Kier molecular flexibility index (Phi) is 7.27. The Labute approximate surface area is 325 Å². The van der Waals surface area contributed by atoms with E-state index >= 15 is 0 Å². The van der Waals surface area contributed by atoms with Crippen molar-refractivity contribution in [1.29, 1.82) is 0 Å². The van der Waals surface area contributed by atoms with Gasteiger partial charge in [-0.2, -0.15) is 0 Å². The maximum atomic E-state index is 9.92. The zero-order chi connectivity index (χ0) is 38.0. The fourth-order valence-corrected chi connectivity index (χ4v) is 10.3. The van der Waals surface area contributed by atoms with Crippen molar-refractivity contribution in [1.82, 2.24) is 0 Å². The summed E-state index contributed by atoms with van der Waals surface area (Å²) in [5.41, 5.74) is 17.8. The van der Waals surface area contributed by atoms with Crippen molar-refractivity contribution in [2.75, 3.05) is 6.61 Å². The highest BCUT2D eigenvalue weighted by atomic mass is 16.2. The van der Waals surface area contributed by atoms with Crippen molar-refractivity contribution in [2.45, 2.75) is 70.6 Å². The van der Waals surface area contributed by atoms with Crippen molar-refractivity contribution < 1.29 is 5.11 Å². The van der Waals surface area contributed by atoms with E-state index in [1.807, 2.05) is 0 Å². The number of rotatable bonds is 6. The number of aliphatic hydroxyl groups is 1. The molecule has 10 rings (SSSR count). The Balaban J connectivity index is 1.06. The lowest BCUT2D eigenvalue weighted by Gasteiger charge is -2.29. The predicted molar refractivity (Wildman–Crippen MR) is 235 cm³/mol. The number of allylic oxidation sites excluding steroid dienone is 1. The first-order valence-electron chi connectivity index (χ1n) is 20.0. The van der Waals surface area contributed by atoms with Gasteiger partial charge in [-0.1, -0.05) is 149 Å². The summed E-state index contributed by atoms with van der Waals surface area (Å²) in [7, 11) is 0. The molecule has 0 bridgehead atoms. The van der Waals surface area contributed by atoms with Gasteiger partial charge in [0.2, 0.25) is 0 Å². The van der Waals surface area contributed by atoms with Crippen LogP contribution in [0.15, 0.2) is 134 Å². The minimum absolute atomic E-state index is 0.0934. The molecule has 1 N–H and O–H groups in total. The summed E-state index contributed by atoms with van der Waals surface area (Å²) in [6.07, 6.45) is 3.68. The largest absolute Gasteiger partial charge is 0.396 e. The minimum Gasteiger partial charge on any atom is -0.396 e. The standard InChI is InChI=1S/C54H48O/c1-8-54(24-9-25-55)48-26-32(2)10-18-43(48)44-21-15-35(30-49(44)54)34-14-20-41-42-22-16-36(31-47(42)53(6,7)46(41)29-34)40-19-13-33-11-12-37-27-39(52(3,4)5)28-38-17-23-45(40)51(33)50(37)38/h8,10-23,26-31,55H,1,9,24-25H2,2-7H3. The molecule has 1 nitrogen and oxygen atoms in total. The lowest BCUT2D eigenvalue weighted by atomic mass is 9.74. The van der Waals surface area contributed by atoms with E-state index in [1.54, 1.807) is 0 Å². The predicted octanol–water partition coefficient (Wildman–Crippen LogP) is 14.1. The molecule has 0 aliphatic heterocycles. The molecule has 1 atom stereocenters.